The molecule has 0 saturated heterocycles. The fourth-order valence-corrected chi connectivity index (χ4v) is 3.30. The number of aryl methyl sites for hydroxylation is 1. The lowest BCUT2D eigenvalue weighted by Gasteiger charge is -2.30. The van der Waals surface area contributed by atoms with Gasteiger partial charge >= 0.3 is 0 Å². The fraction of sp³-hybridized carbons (Fsp3) is 0.286. The van der Waals surface area contributed by atoms with Gasteiger partial charge in [-0.05, 0) is 32.4 Å². The molecular weight excluding hydrogens is 370 g/mol. The Balaban J connectivity index is 1.52. The van der Waals surface area contributed by atoms with Gasteiger partial charge in [0.05, 0.1) is 18.4 Å². The zero-order valence-corrected chi connectivity index (χ0v) is 16.3. The zero-order chi connectivity index (χ0) is 20.4. The molecule has 0 aliphatic carbocycles. The first kappa shape index (κ1) is 18.8. The first-order chi connectivity index (χ1) is 14.0. The van der Waals surface area contributed by atoms with Crippen molar-refractivity contribution in [2.45, 2.75) is 32.9 Å². The topological polar surface area (TPSA) is 101 Å². The van der Waals surface area contributed by atoms with E-state index in [9.17, 15) is 9.59 Å². The van der Waals surface area contributed by atoms with Crippen molar-refractivity contribution < 1.29 is 9.53 Å². The molecule has 1 atom stereocenters. The second kappa shape index (κ2) is 7.83. The van der Waals surface area contributed by atoms with E-state index in [4.69, 9.17) is 4.74 Å². The Kier molecular flexibility index (Phi) is 5.07. The second-order valence-electron chi connectivity index (χ2n) is 7.01. The Morgan fingerprint density at radius 2 is 2.03 bits per heavy atom. The number of benzene rings is 1. The van der Waals surface area contributed by atoms with E-state index in [-0.39, 0.29) is 18.0 Å². The maximum absolute atomic E-state index is 12.9. The smallest absolute Gasteiger partial charge is 0.263 e. The molecule has 0 saturated carbocycles. The van der Waals surface area contributed by atoms with Gasteiger partial charge in [-0.25, -0.2) is 9.97 Å². The highest BCUT2D eigenvalue weighted by atomic mass is 16.5. The van der Waals surface area contributed by atoms with Crippen LogP contribution >= 0.6 is 0 Å². The maximum Gasteiger partial charge on any atom is 0.263 e. The van der Waals surface area contributed by atoms with Crippen LogP contribution in [0.4, 0.5) is 0 Å². The van der Waals surface area contributed by atoms with Gasteiger partial charge in [-0.15, -0.1) is 0 Å². The van der Waals surface area contributed by atoms with E-state index in [1.807, 2.05) is 31.2 Å². The van der Waals surface area contributed by atoms with Gasteiger partial charge in [-0.3, -0.25) is 14.6 Å². The summed E-state index contributed by atoms with van der Waals surface area (Å²) in [5.74, 6) is 0.854. The number of nitrogens with zero attached hydrogens (tertiary/aromatic N) is 4. The Morgan fingerprint density at radius 3 is 2.76 bits per heavy atom. The van der Waals surface area contributed by atoms with E-state index in [2.05, 4.69) is 19.9 Å². The van der Waals surface area contributed by atoms with Crippen LogP contribution in [0.3, 0.4) is 0 Å². The molecule has 0 radical (unpaired) electrons. The summed E-state index contributed by atoms with van der Waals surface area (Å²) in [6.45, 7) is 4.43. The van der Waals surface area contributed by atoms with Crippen LogP contribution < -0.4 is 10.3 Å². The Morgan fingerprint density at radius 1 is 1.24 bits per heavy atom. The van der Waals surface area contributed by atoms with Crippen LogP contribution in [0.2, 0.25) is 0 Å². The summed E-state index contributed by atoms with van der Waals surface area (Å²) in [5.41, 5.74) is 2.59. The Hall–Kier alpha value is -3.55. The second-order valence-corrected chi connectivity index (χ2v) is 7.01. The number of carbonyl (C=O) groups excluding carboxylic acids is 1. The van der Waals surface area contributed by atoms with E-state index in [0.717, 1.165) is 5.56 Å². The van der Waals surface area contributed by atoms with E-state index in [1.165, 1.54) is 12.4 Å². The molecule has 8 nitrogen and oxygen atoms in total. The number of fused-ring (bicyclic) bond motifs is 1. The van der Waals surface area contributed by atoms with Crippen molar-refractivity contribution in [3.63, 3.8) is 0 Å². The third-order valence-electron chi connectivity index (χ3n) is 4.87. The van der Waals surface area contributed by atoms with Crippen molar-refractivity contribution in [2.24, 2.45) is 0 Å². The molecular formula is C21H21N5O3. The molecule has 3 aromatic rings. The third kappa shape index (κ3) is 4.01. The molecule has 1 aromatic carbocycles. The van der Waals surface area contributed by atoms with Crippen molar-refractivity contribution >= 4 is 5.91 Å². The monoisotopic (exact) mass is 391 g/mol. The molecule has 0 spiro atoms. The zero-order valence-electron chi connectivity index (χ0n) is 16.3. The fourth-order valence-electron chi connectivity index (χ4n) is 3.30. The van der Waals surface area contributed by atoms with Gasteiger partial charge in [0.25, 0.3) is 11.5 Å². The molecule has 29 heavy (non-hydrogen) atoms. The van der Waals surface area contributed by atoms with Gasteiger partial charge in [0.15, 0.2) is 11.9 Å². The van der Waals surface area contributed by atoms with Crippen LogP contribution in [0, 0.1) is 6.92 Å². The molecule has 3 heterocycles. The number of aromatic nitrogens is 4. The van der Waals surface area contributed by atoms with Crippen molar-refractivity contribution in [3.05, 3.63) is 70.0 Å². The molecule has 1 amide bonds. The summed E-state index contributed by atoms with van der Waals surface area (Å²) < 4.78 is 5.79. The Bertz CT molecular complexity index is 1080. The first-order valence-electron chi connectivity index (χ1n) is 9.42. The molecule has 0 fully saturated rings. The SMILES string of the molecule is Cc1ccc(OC(C)C(=O)N2CCc3c(nc(-c4cnccn4)[nH]c3=O)C2)cc1. The van der Waals surface area contributed by atoms with Gasteiger partial charge in [-0.2, -0.15) is 0 Å². The number of amides is 1. The van der Waals surface area contributed by atoms with E-state index in [1.54, 1.807) is 18.0 Å². The lowest BCUT2D eigenvalue weighted by Crippen LogP contribution is -2.44. The molecule has 4 rings (SSSR count). The summed E-state index contributed by atoms with van der Waals surface area (Å²) in [5, 5.41) is 0. The van der Waals surface area contributed by atoms with Gasteiger partial charge in [0, 0.05) is 24.5 Å². The predicted molar refractivity (Wildman–Crippen MR) is 106 cm³/mol. The van der Waals surface area contributed by atoms with E-state index >= 15 is 0 Å². The number of H-pyrrole nitrogens is 1. The number of hydrogen-bond acceptors (Lipinski definition) is 6. The highest BCUT2D eigenvalue weighted by Gasteiger charge is 2.28. The highest BCUT2D eigenvalue weighted by molar-refractivity contribution is 5.81. The van der Waals surface area contributed by atoms with Crippen LogP contribution in [-0.2, 0) is 17.8 Å². The van der Waals surface area contributed by atoms with Crippen molar-refractivity contribution in [3.8, 4) is 17.3 Å². The van der Waals surface area contributed by atoms with Crippen LogP contribution in [0.25, 0.3) is 11.5 Å². The lowest BCUT2D eigenvalue weighted by molar-refractivity contribution is -0.139. The average Bonchev–Trinajstić information content (AvgIpc) is 2.75. The number of aromatic amines is 1. The van der Waals surface area contributed by atoms with E-state index in [0.29, 0.717) is 41.5 Å². The quantitative estimate of drug-likeness (QED) is 0.729. The minimum absolute atomic E-state index is 0.139. The van der Waals surface area contributed by atoms with Crippen molar-refractivity contribution in [1.82, 2.24) is 24.8 Å². The van der Waals surface area contributed by atoms with E-state index < -0.39 is 6.10 Å². The van der Waals surface area contributed by atoms with Crippen LogP contribution in [0.1, 0.15) is 23.7 Å². The first-order valence-corrected chi connectivity index (χ1v) is 9.42. The average molecular weight is 391 g/mol. The molecule has 2 aromatic heterocycles. The standard InChI is InChI=1S/C21H21N5O3/c1-13-3-5-15(6-4-13)29-14(2)21(28)26-10-7-16-18(12-26)24-19(25-20(16)27)17-11-22-8-9-23-17/h3-6,8-9,11,14H,7,10,12H2,1-2H3,(H,24,25,27). The van der Waals surface area contributed by atoms with Gasteiger partial charge in [0.1, 0.15) is 11.4 Å². The maximum atomic E-state index is 12.9. The number of carbonyl (C=O) groups is 1. The molecule has 1 aliphatic heterocycles. The predicted octanol–water partition coefficient (Wildman–Crippen LogP) is 1.89. The van der Waals surface area contributed by atoms with Crippen molar-refractivity contribution in [1.29, 1.82) is 0 Å². The van der Waals surface area contributed by atoms with Gasteiger partial charge < -0.3 is 14.6 Å². The van der Waals surface area contributed by atoms with Crippen LogP contribution in [-0.4, -0.2) is 43.4 Å². The summed E-state index contributed by atoms with van der Waals surface area (Å²) in [7, 11) is 0. The molecule has 148 valence electrons. The van der Waals surface area contributed by atoms with Gasteiger partial charge in [-0.1, -0.05) is 17.7 Å². The summed E-state index contributed by atoms with van der Waals surface area (Å²) in [6.07, 6.45) is 4.43. The largest absolute Gasteiger partial charge is 0.481 e. The van der Waals surface area contributed by atoms with Gasteiger partial charge in [0.2, 0.25) is 0 Å². The minimum atomic E-state index is -0.638. The number of ether oxygens (including phenoxy) is 1. The molecule has 1 N–H and O–H groups in total. The Labute approximate surface area is 167 Å². The lowest BCUT2D eigenvalue weighted by atomic mass is 10.1. The summed E-state index contributed by atoms with van der Waals surface area (Å²) >= 11 is 0. The van der Waals surface area contributed by atoms with Crippen molar-refractivity contribution in [2.75, 3.05) is 6.54 Å². The molecule has 0 bridgehead atoms. The minimum Gasteiger partial charge on any atom is -0.481 e. The number of hydrogen-bond donors (Lipinski definition) is 1. The molecule has 1 unspecified atom stereocenters. The normalized spacial score (nSPS) is 14.2. The highest BCUT2D eigenvalue weighted by Crippen LogP contribution is 2.19. The third-order valence-corrected chi connectivity index (χ3v) is 4.87. The number of nitrogens with one attached hydrogen (secondary N) is 1. The van der Waals surface area contributed by atoms with Crippen LogP contribution in [0.5, 0.6) is 5.75 Å². The number of rotatable bonds is 4. The molecule has 8 heteroatoms. The molecule has 1 aliphatic rings. The summed E-state index contributed by atoms with van der Waals surface area (Å²) in [6, 6.07) is 7.57. The summed E-state index contributed by atoms with van der Waals surface area (Å²) in [4.78, 5) is 42.5. The van der Waals surface area contributed by atoms with Crippen LogP contribution in [0.15, 0.2) is 47.7 Å².